The molecular weight excluding hydrogens is 1460 g/mol. The maximum absolute atomic E-state index is 12.0. The molecule has 0 spiro atoms. The number of aliphatic hydroxyl groups is 2. The predicted molar refractivity (Wildman–Crippen MR) is 375 cm³/mol. The summed E-state index contributed by atoms with van der Waals surface area (Å²) < 4.78 is 19.6. The van der Waals surface area contributed by atoms with Crippen LogP contribution in [0.5, 0.6) is 0 Å². The van der Waals surface area contributed by atoms with Crippen LogP contribution in [0.3, 0.4) is 0 Å². The van der Waals surface area contributed by atoms with Crippen LogP contribution in [-0.2, 0) is 60.5 Å². The summed E-state index contributed by atoms with van der Waals surface area (Å²) >= 11 is 46.7. The van der Waals surface area contributed by atoms with E-state index in [2.05, 4.69) is 83.6 Å². The lowest BCUT2D eigenvalue weighted by Gasteiger charge is -2.10. The monoisotopic (exact) mass is 1520 g/mol. The molecule has 10 aromatic rings. The molecule has 0 aromatic carbocycles. The molecule has 3 unspecified atom stereocenters. The topological polar surface area (TPSA) is 296 Å². The first kappa shape index (κ1) is 72.8. The molecule has 20 nitrogen and oxygen atoms in total. The number of aromatic nitrogens is 10. The molecule has 0 amide bonds. The number of nitrogens with zero attached hydrogens (tertiary/aromatic N) is 9. The van der Waals surface area contributed by atoms with Gasteiger partial charge in [-0.25, -0.2) is 44.9 Å². The van der Waals surface area contributed by atoms with Crippen molar-refractivity contribution in [3.05, 3.63) is 115 Å². The first-order chi connectivity index (χ1) is 44.2. The molecule has 0 radical (unpaired) electrons. The fourth-order valence-corrected chi connectivity index (χ4v) is 20.1. The number of H-pyrrole nitrogens is 1. The van der Waals surface area contributed by atoms with Crippen LogP contribution in [0.1, 0.15) is 167 Å². The number of aryl methyl sites for hydroxylation is 5. The minimum absolute atomic E-state index is 0. The number of hydrogen-bond acceptors (Lipinski definition) is 23. The van der Waals surface area contributed by atoms with Gasteiger partial charge in [0.1, 0.15) is 70.1 Å². The van der Waals surface area contributed by atoms with E-state index in [-0.39, 0.29) is 62.3 Å². The van der Waals surface area contributed by atoms with Crippen LogP contribution < -0.4 is 5.56 Å². The Balaban J connectivity index is 0.000000134. The van der Waals surface area contributed by atoms with E-state index in [1.165, 1.54) is 72.7 Å². The summed E-state index contributed by atoms with van der Waals surface area (Å²) in [6, 6.07) is 0. The van der Waals surface area contributed by atoms with E-state index in [1.54, 1.807) is 63.6 Å². The number of carboxylic acids is 1. The Hall–Kier alpha value is -4.41. The van der Waals surface area contributed by atoms with Crippen molar-refractivity contribution in [2.75, 3.05) is 26.4 Å². The van der Waals surface area contributed by atoms with Gasteiger partial charge in [0.05, 0.1) is 65.7 Å². The zero-order chi connectivity index (χ0) is 65.5. The highest BCUT2D eigenvalue weighted by Crippen LogP contribution is 2.61. The Labute approximate surface area is 587 Å². The maximum atomic E-state index is 12.0. The third-order valence-corrected chi connectivity index (χ3v) is 23.3. The third kappa shape index (κ3) is 16.9. The van der Waals surface area contributed by atoms with Gasteiger partial charge in [-0.15, -0.1) is 56.7 Å². The zero-order valence-electron chi connectivity index (χ0n) is 49.1. The van der Waals surface area contributed by atoms with E-state index in [9.17, 15) is 23.7 Å². The van der Waals surface area contributed by atoms with E-state index in [0.29, 0.717) is 63.9 Å². The lowest BCUT2D eigenvalue weighted by Crippen LogP contribution is -2.11. The molecule has 0 saturated carbocycles. The highest BCUT2D eigenvalue weighted by Gasteiger charge is 2.35. The van der Waals surface area contributed by atoms with Crippen molar-refractivity contribution >= 4 is 211 Å². The number of carboxylic acid groups (broad SMARTS) is 1. The molecule has 15 rings (SSSR count). The molecule has 33 heteroatoms. The van der Waals surface area contributed by atoms with Gasteiger partial charge in [-0.2, -0.15) is 0 Å². The molecule has 5 atom stereocenters. The van der Waals surface area contributed by atoms with Crippen LogP contribution in [-0.4, -0.2) is 109 Å². The van der Waals surface area contributed by atoms with Crippen LogP contribution in [0, 0.1) is 0 Å². The molecule has 5 aliphatic carbocycles. The summed E-state index contributed by atoms with van der Waals surface area (Å²) in [7, 11) is 0. The van der Waals surface area contributed by atoms with Crippen molar-refractivity contribution in [2.24, 2.45) is 0 Å². The Morgan fingerprint density at radius 2 is 0.774 bits per heavy atom. The fourth-order valence-electron chi connectivity index (χ4n) is 12.8. The highest BCUT2D eigenvalue weighted by molar-refractivity contribution is 8.24. The van der Waals surface area contributed by atoms with Crippen molar-refractivity contribution in [1.29, 1.82) is 0 Å². The zero-order valence-corrected chi connectivity index (χ0v) is 59.3. The SMILES string of the molecule is C.CCOC(=O)CC1CCc2sc3nc[nH]c(=O)c3c21.CCOC(=O)CC1CCc2sc3ncnc(Cl)c3c21.O=C(O)CC1CCc2sc3ncnc(Cl)c3c21.O=P(Cl)(Cl)Cl.OCC[C@@H]1CCc2sc3ncnc(Cl)c3c21.OCC[C@H]1CCc2sc3ncnc(Cl)c3c21. The summed E-state index contributed by atoms with van der Waals surface area (Å²) in [5.41, 5.74) is 5.72. The van der Waals surface area contributed by atoms with Gasteiger partial charge in [0.15, 0.2) is 0 Å². The fraction of sp³-hybridized carbons (Fsp3) is 0.450. The number of hydrogen-bond donors (Lipinski definition) is 4. The van der Waals surface area contributed by atoms with Crippen molar-refractivity contribution in [3.63, 3.8) is 0 Å². The minimum atomic E-state index is -3.22. The van der Waals surface area contributed by atoms with Crippen LogP contribution in [0.2, 0.25) is 20.6 Å². The van der Waals surface area contributed by atoms with E-state index >= 15 is 0 Å². The molecule has 4 N–H and O–H groups in total. The van der Waals surface area contributed by atoms with E-state index in [0.717, 1.165) is 134 Å². The number of aliphatic carboxylic acids is 1. The average Bonchev–Trinajstić information content (AvgIpc) is 1.66. The Bertz CT molecular complexity index is 4360. The number of ether oxygens (including phenoxy) is 2. The molecule has 5 aliphatic rings. The van der Waals surface area contributed by atoms with Gasteiger partial charge in [-0.05, 0) is 182 Å². The standard InChI is InChI=1S/C13H13ClN2O2S.C13H14N2O3S.C11H9ClN2O2S.2C11H11ClN2OS.CH4.Cl3OP/c1-2-18-9(17)5-7-3-4-8-10(7)11-12(14)15-6-16-13(11)19-8;1-2-18-9(16)5-7-3-4-8-10(7)11-12(17)14-6-15-13(11)19-8;12-10-9-8-5(3-7(15)16)1-2-6(8)17-11(9)14-4-13-10;2*12-10-9-8-6(3-4-15)1-2-7(8)16-11(9)14-5-13-10;;1-5(2,3)4/h6-7H,2-5H2,1H3;6-7H,2-5H2,1H3,(H,14,15,17);4-5H,1-3H2,(H,15,16);2*5-6,15H,1-4H2;1H4;/t;;;2*6-;;/m...10../s1. The van der Waals surface area contributed by atoms with Gasteiger partial charge in [-0.3, -0.25) is 23.7 Å². The quantitative estimate of drug-likeness (QED) is 0.0502. The molecule has 10 aromatic heterocycles. The van der Waals surface area contributed by atoms with Gasteiger partial charge < -0.3 is 29.8 Å². The summed E-state index contributed by atoms with van der Waals surface area (Å²) in [4.78, 5) is 97.0. The number of halogens is 7. The van der Waals surface area contributed by atoms with E-state index in [4.69, 9.17) is 71.2 Å². The second kappa shape index (κ2) is 32.8. The number of rotatable bonds is 12. The maximum Gasteiger partial charge on any atom is 0.339 e. The van der Waals surface area contributed by atoms with Gasteiger partial charge >= 0.3 is 23.1 Å². The lowest BCUT2D eigenvalue weighted by atomic mass is 9.98. The average molecular weight is 1520 g/mol. The third-order valence-electron chi connectivity index (χ3n) is 16.3. The lowest BCUT2D eigenvalue weighted by molar-refractivity contribution is -0.144. The molecular formula is C60H62Cl7N10O10PS5. The number of fused-ring (bicyclic) bond motifs is 15. The molecule has 0 aliphatic heterocycles. The molecule has 496 valence electrons. The molecule has 10 heterocycles. The van der Waals surface area contributed by atoms with Crippen molar-refractivity contribution in [3.8, 4) is 0 Å². The summed E-state index contributed by atoms with van der Waals surface area (Å²) in [6.07, 6.45) is 19.9. The molecule has 0 saturated heterocycles. The van der Waals surface area contributed by atoms with E-state index < -0.39 is 11.2 Å². The number of esters is 2. The number of nitrogens with one attached hydrogen (secondary N) is 1. The minimum Gasteiger partial charge on any atom is -0.481 e. The number of carbonyl (C=O) groups excluding carboxylic acids is 2. The van der Waals surface area contributed by atoms with Crippen LogP contribution in [0.25, 0.3) is 51.1 Å². The van der Waals surface area contributed by atoms with Crippen molar-refractivity contribution in [1.82, 2.24) is 49.8 Å². The molecule has 93 heavy (non-hydrogen) atoms. The predicted octanol–water partition coefficient (Wildman–Crippen LogP) is 17.1. The first-order valence-electron chi connectivity index (χ1n) is 29.3. The first-order valence-corrected chi connectivity index (χ1v) is 39.3. The van der Waals surface area contributed by atoms with Gasteiger partial charge in [0.25, 0.3) is 5.56 Å². The smallest absolute Gasteiger partial charge is 0.339 e. The number of aromatic amines is 1. The van der Waals surface area contributed by atoms with Crippen molar-refractivity contribution in [2.45, 2.75) is 147 Å². The largest absolute Gasteiger partial charge is 0.481 e. The van der Waals surface area contributed by atoms with Crippen LogP contribution in [0.4, 0.5) is 0 Å². The Morgan fingerprint density at radius 1 is 0.495 bits per heavy atom. The number of aliphatic hydroxyl groups excluding tert-OH is 2. The number of thiophene rings is 5. The summed E-state index contributed by atoms with van der Waals surface area (Å²) in [5.74, 6) is 0.0801. The van der Waals surface area contributed by atoms with Crippen LogP contribution in [0.15, 0.2) is 36.4 Å². The van der Waals surface area contributed by atoms with Gasteiger partial charge in [0, 0.05) is 37.6 Å². The second-order valence-corrected chi connectivity index (χ2v) is 35.2. The van der Waals surface area contributed by atoms with Crippen molar-refractivity contribution < 1.29 is 43.7 Å². The van der Waals surface area contributed by atoms with Gasteiger partial charge in [-0.1, -0.05) is 53.8 Å². The van der Waals surface area contributed by atoms with Gasteiger partial charge in [0.2, 0.25) is 0 Å². The summed E-state index contributed by atoms with van der Waals surface area (Å²) in [5, 5.41) is 30.3. The molecule has 0 bridgehead atoms. The van der Waals surface area contributed by atoms with Crippen LogP contribution >= 0.6 is 142 Å². The second-order valence-electron chi connectivity index (χ2n) is 21.7. The molecule has 0 fully saturated rings. The van der Waals surface area contributed by atoms with E-state index in [1.807, 2.05) is 6.92 Å². The Morgan fingerprint density at radius 3 is 1.08 bits per heavy atom. The number of carbonyl (C=O) groups is 3. The normalized spacial score (nSPS) is 17.9. The highest BCUT2D eigenvalue weighted by atomic mass is 36.0. The Kier molecular flexibility index (Phi) is 25.7. The summed E-state index contributed by atoms with van der Waals surface area (Å²) in [6.45, 7) is 4.90.